The van der Waals surface area contributed by atoms with E-state index >= 15 is 0 Å². The number of carboxylic acid groups (broad SMARTS) is 2. The van der Waals surface area contributed by atoms with Gasteiger partial charge < -0.3 is 31.9 Å². The van der Waals surface area contributed by atoms with Gasteiger partial charge in [0.15, 0.2) is 0 Å². The molecule has 0 aliphatic heterocycles. The zero-order valence-electron chi connectivity index (χ0n) is 17.5. The van der Waals surface area contributed by atoms with E-state index in [0.29, 0.717) is 24.9 Å². The van der Waals surface area contributed by atoms with Crippen molar-refractivity contribution in [2.75, 3.05) is 30.0 Å². The Morgan fingerprint density at radius 3 is 2.41 bits per heavy atom. The first kappa shape index (κ1) is 24.2. The van der Waals surface area contributed by atoms with E-state index in [0.717, 1.165) is 5.69 Å². The molecule has 1 aromatic heterocycles. The fourth-order valence-electron chi connectivity index (χ4n) is 3.03. The fraction of sp³-hybridized carbons (Fsp3) is 0.350. The first-order valence-corrected chi connectivity index (χ1v) is 9.79. The highest BCUT2D eigenvalue weighted by Crippen LogP contribution is 2.16. The average molecular weight is 446 g/mol. The monoisotopic (exact) mass is 446 g/mol. The molecule has 0 fully saturated rings. The molecule has 2 aromatic rings. The van der Waals surface area contributed by atoms with Gasteiger partial charge in [-0.3, -0.25) is 19.4 Å². The topological polar surface area (TPSA) is 205 Å². The van der Waals surface area contributed by atoms with Crippen molar-refractivity contribution in [2.45, 2.75) is 31.7 Å². The van der Waals surface area contributed by atoms with Crippen LogP contribution in [0.4, 0.5) is 17.5 Å². The zero-order valence-corrected chi connectivity index (χ0v) is 17.5. The lowest BCUT2D eigenvalue weighted by atomic mass is 10.1. The SMILES string of the molecule is CN(CCCc1c(N)nc(N)[nH]c1=O)c1ccc(C(=O)NC(CCC(=O)O)C(=O)O)cc1. The molecule has 0 radical (unpaired) electrons. The minimum atomic E-state index is -1.30. The quantitative estimate of drug-likeness (QED) is 0.273. The highest BCUT2D eigenvalue weighted by atomic mass is 16.4. The van der Waals surface area contributed by atoms with E-state index in [-0.39, 0.29) is 35.7 Å². The number of anilines is 3. The summed E-state index contributed by atoms with van der Waals surface area (Å²) in [6.07, 6.45) is 0.437. The van der Waals surface area contributed by atoms with Gasteiger partial charge in [-0.2, -0.15) is 4.98 Å². The number of nitrogens with two attached hydrogens (primary N) is 2. The van der Waals surface area contributed by atoms with Gasteiger partial charge in [-0.25, -0.2) is 4.79 Å². The molecule has 12 nitrogen and oxygen atoms in total. The molecule has 1 aromatic carbocycles. The van der Waals surface area contributed by atoms with Crippen molar-refractivity contribution in [3.8, 4) is 0 Å². The van der Waals surface area contributed by atoms with Crippen molar-refractivity contribution < 1.29 is 24.6 Å². The van der Waals surface area contributed by atoms with Gasteiger partial charge in [0.1, 0.15) is 11.9 Å². The highest BCUT2D eigenvalue weighted by molar-refractivity contribution is 5.96. The van der Waals surface area contributed by atoms with Gasteiger partial charge in [0.25, 0.3) is 11.5 Å². The molecule has 0 aliphatic rings. The summed E-state index contributed by atoms with van der Waals surface area (Å²) < 4.78 is 0. The number of rotatable bonds is 11. The summed E-state index contributed by atoms with van der Waals surface area (Å²) in [6, 6.07) is 5.20. The number of benzene rings is 1. The Morgan fingerprint density at radius 1 is 1.19 bits per heavy atom. The first-order valence-electron chi connectivity index (χ1n) is 9.79. The Bertz CT molecular complexity index is 1040. The van der Waals surface area contributed by atoms with E-state index in [1.165, 1.54) is 0 Å². The van der Waals surface area contributed by atoms with E-state index < -0.39 is 23.9 Å². The van der Waals surface area contributed by atoms with Crippen molar-refractivity contribution in [3.05, 3.63) is 45.7 Å². The molecular weight excluding hydrogens is 420 g/mol. The van der Waals surface area contributed by atoms with Crippen LogP contribution in [0, 0.1) is 0 Å². The number of carbonyl (C=O) groups is 3. The largest absolute Gasteiger partial charge is 0.481 e. The molecule has 0 spiro atoms. The van der Waals surface area contributed by atoms with Crippen LogP contribution in [0.5, 0.6) is 0 Å². The van der Waals surface area contributed by atoms with Gasteiger partial charge in [0.05, 0.1) is 5.56 Å². The third-order valence-electron chi connectivity index (χ3n) is 4.81. The van der Waals surface area contributed by atoms with Gasteiger partial charge in [0, 0.05) is 31.3 Å². The minimum absolute atomic E-state index is 0.0333. The van der Waals surface area contributed by atoms with Gasteiger partial charge in [-0.1, -0.05) is 0 Å². The summed E-state index contributed by atoms with van der Waals surface area (Å²) in [5.41, 5.74) is 12.3. The number of amides is 1. The van der Waals surface area contributed by atoms with Crippen molar-refractivity contribution >= 4 is 35.3 Å². The lowest BCUT2D eigenvalue weighted by Gasteiger charge is -2.20. The lowest BCUT2D eigenvalue weighted by molar-refractivity contribution is -0.140. The Labute approximate surface area is 183 Å². The molecule has 1 heterocycles. The normalized spacial score (nSPS) is 11.5. The van der Waals surface area contributed by atoms with Crippen LogP contribution in [-0.2, 0) is 16.0 Å². The van der Waals surface area contributed by atoms with Gasteiger partial charge in [-0.15, -0.1) is 0 Å². The van der Waals surface area contributed by atoms with Gasteiger partial charge >= 0.3 is 11.9 Å². The maximum absolute atomic E-state index is 12.3. The fourth-order valence-corrected chi connectivity index (χ4v) is 3.03. The smallest absolute Gasteiger partial charge is 0.326 e. The molecule has 12 heteroatoms. The maximum atomic E-state index is 12.3. The standard InChI is InChI=1S/C20H26N6O6/c1-26(10-2-3-13-16(21)24-20(22)25-18(13)30)12-6-4-11(5-7-12)17(29)23-14(19(31)32)8-9-15(27)28/h4-7,14H,2-3,8-10H2,1H3,(H,23,29)(H,27,28)(H,31,32)(H5,21,22,24,25,30). The zero-order chi connectivity index (χ0) is 23.8. The summed E-state index contributed by atoms with van der Waals surface area (Å²) >= 11 is 0. The van der Waals surface area contributed by atoms with Crippen LogP contribution in [0.25, 0.3) is 0 Å². The number of H-pyrrole nitrogens is 1. The number of carbonyl (C=O) groups excluding carboxylic acids is 1. The molecule has 2 rings (SSSR count). The van der Waals surface area contributed by atoms with Crippen LogP contribution >= 0.6 is 0 Å². The second kappa shape index (κ2) is 10.8. The summed E-state index contributed by atoms with van der Waals surface area (Å²) in [7, 11) is 1.84. The second-order valence-corrected chi connectivity index (χ2v) is 7.18. The third kappa shape index (κ3) is 6.72. The maximum Gasteiger partial charge on any atom is 0.326 e. The number of hydrogen-bond acceptors (Lipinski definition) is 8. The van der Waals surface area contributed by atoms with Gasteiger partial charge in [-0.05, 0) is 43.5 Å². The van der Waals surface area contributed by atoms with Crippen LogP contribution in [0.1, 0.15) is 35.2 Å². The first-order chi connectivity index (χ1) is 15.1. The minimum Gasteiger partial charge on any atom is -0.481 e. The molecular formula is C20H26N6O6. The number of aliphatic carboxylic acids is 2. The number of aromatic amines is 1. The predicted molar refractivity (Wildman–Crippen MR) is 117 cm³/mol. The molecule has 8 N–H and O–H groups in total. The van der Waals surface area contributed by atoms with Crippen LogP contribution in [0.2, 0.25) is 0 Å². The number of nitrogens with zero attached hydrogens (tertiary/aromatic N) is 2. The molecule has 0 aliphatic carbocycles. The number of nitrogens with one attached hydrogen (secondary N) is 2. The van der Waals surface area contributed by atoms with Crippen LogP contribution in [0.3, 0.4) is 0 Å². The van der Waals surface area contributed by atoms with Gasteiger partial charge in [0.2, 0.25) is 5.95 Å². The summed E-state index contributed by atoms with van der Waals surface area (Å²) in [5.74, 6) is -2.98. The molecule has 0 saturated carbocycles. The molecule has 1 unspecified atom stereocenters. The molecule has 1 atom stereocenters. The number of hydrogen-bond donors (Lipinski definition) is 6. The number of carboxylic acids is 2. The number of nitrogen functional groups attached to an aromatic ring is 2. The Hall–Kier alpha value is -4.09. The molecule has 0 bridgehead atoms. The Morgan fingerprint density at radius 2 is 1.84 bits per heavy atom. The van der Waals surface area contributed by atoms with Crippen molar-refractivity contribution in [1.29, 1.82) is 0 Å². The predicted octanol–water partition coefficient (Wildman–Crippen LogP) is 0.0511. The summed E-state index contributed by atoms with van der Waals surface area (Å²) in [5, 5.41) is 20.2. The molecule has 32 heavy (non-hydrogen) atoms. The Balaban J connectivity index is 1.93. The van der Waals surface area contributed by atoms with E-state index in [1.54, 1.807) is 24.3 Å². The molecule has 0 saturated heterocycles. The highest BCUT2D eigenvalue weighted by Gasteiger charge is 2.21. The molecule has 1 amide bonds. The van der Waals surface area contributed by atoms with Crippen molar-refractivity contribution in [3.63, 3.8) is 0 Å². The number of aromatic nitrogens is 2. The van der Waals surface area contributed by atoms with Crippen LogP contribution in [0.15, 0.2) is 29.1 Å². The van der Waals surface area contributed by atoms with E-state index in [9.17, 15) is 19.2 Å². The van der Waals surface area contributed by atoms with E-state index in [2.05, 4.69) is 15.3 Å². The van der Waals surface area contributed by atoms with E-state index in [4.69, 9.17) is 21.7 Å². The van der Waals surface area contributed by atoms with Crippen LogP contribution in [-0.4, -0.2) is 57.7 Å². The molecule has 172 valence electrons. The second-order valence-electron chi connectivity index (χ2n) is 7.18. The summed E-state index contributed by atoms with van der Waals surface area (Å²) in [6.45, 7) is 0.588. The lowest BCUT2D eigenvalue weighted by Crippen LogP contribution is -2.41. The third-order valence-corrected chi connectivity index (χ3v) is 4.81. The average Bonchev–Trinajstić information content (AvgIpc) is 2.72. The van der Waals surface area contributed by atoms with Crippen LogP contribution < -0.4 is 27.2 Å². The van der Waals surface area contributed by atoms with Crippen molar-refractivity contribution in [1.82, 2.24) is 15.3 Å². The van der Waals surface area contributed by atoms with Crippen molar-refractivity contribution in [2.24, 2.45) is 0 Å². The Kier molecular flexibility index (Phi) is 8.16. The van der Waals surface area contributed by atoms with E-state index in [1.807, 2.05) is 11.9 Å². The summed E-state index contributed by atoms with van der Waals surface area (Å²) in [4.78, 5) is 54.3.